The molecule has 1 aromatic carbocycles. The standard InChI is InChI=1S/C15H13F3N4S/c16-15(17,18)13-9-12(2-1-11(13)10-19)21-4-6-22(7-5-21)14-20-3-8-23-14/h1-3,8-9H,4-7H2. The topological polar surface area (TPSA) is 43.2 Å². The Morgan fingerprint density at radius 3 is 2.39 bits per heavy atom. The first-order valence-corrected chi connectivity index (χ1v) is 7.88. The van der Waals surface area contributed by atoms with Crippen LogP contribution in [0, 0.1) is 11.3 Å². The molecule has 3 rings (SSSR count). The van der Waals surface area contributed by atoms with Crippen molar-refractivity contribution in [2.45, 2.75) is 6.18 Å². The summed E-state index contributed by atoms with van der Waals surface area (Å²) in [5, 5.41) is 11.7. The van der Waals surface area contributed by atoms with Gasteiger partial charge in [-0.25, -0.2) is 4.98 Å². The van der Waals surface area contributed by atoms with Gasteiger partial charge in [0.2, 0.25) is 0 Å². The van der Waals surface area contributed by atoms with Gasteiger partial charge in [0.1, 0.15) is 0 Å². The average molecular weight is 338 g/mol. The zero-order valence-corrected chi connectivity index (χ0v) is 12.9. The van der Waals surface area contributed by atoms with Crippen molar-refractivity contribution in [1.29, 1.82) is 5.26 Å². The molecule has 0 spiro atoms. The maximum Gasteiger partial charge on any atom is 0.417 e. The number of aromatic nitrogens is 1. The van der Waals surface area contributed by atoms with Crippen molar-refractivity contribution in [3.8, 4) is 6.07 Å². The summed E-state index contributed by atoms with van der Waals surface area (Å²) in [5.74, 6) is 0. The molecule has 0 atom stereocenters. The van der Waals surface area contributed by atoms with Crippen molar-refractivity contribution in [3.05, 3.63) is 40.9 Å². The number of thiazole rings is 1. The van der Waals surface area contributed by atoms with E-state index in [1.165, 1.54) is 6.07 Å². The molecular formula is C15H13F3N4S. The largest absolute Gasteiger partial charge is 0.417 e. The summed E-state index contributed by atoms with van der Waals surface area (Å²) < 4.78 is 39.1. The lowest BCUT2D eigenvalue weighted by Gasteiger charge is -2.36. The smallest absolute Gasteiger partial charge is 0.368 e. The highest BCUT2D eigenvalue weighted by atomic mass is 32.1. The van der Waals surface area contributed by atoms with E-state index in [2.05, 4.69) is 9.88 Å². The fourth-order valence-corrected chi connectivity index (χ4v) is 3.29. The summed E-state index contributed by atoms with van der Waals surface area (Å²) >= 11 is 1.55. The second-order valence-corrected chi connectivity index (χ2v) is 6.00. The summed E-state index contributed by atoms with van der Waals surface area (Å²) in [6.45, 7) is 2.63. The molecule has 4 nitrogen and oxygen atoms in total. The molecule has 2 heterocycles. The fraction of sp³-hybridized carbons (Fsp3) is 0.333. The van der Waals surface area contributed by atoms with Crippen LogP contribution in [0.4, 0.5) is 24.0 Å². The van der Waals surface area contributed by atoms with E-state index in [1.807, 2.05) is 10.3 Å². The molecule has 1 aromatic heterocycles. The van der Waals surface area contributed by atoms with Crippen LogP contribution in [0.15, 0.2) is 29.8 Å². The summed E-state index contributed by atoms with van der Waals surface area (Å²) in [6, 6.07) is 5.49. The van der Waals surface area contributed by atoms with E-state index < -0.39 is 11.7 Å². The molecule has 8 heteroatoms. The molecule has 0 radical (unpaired) electrons. The lowest BCUT2D eigenvalue weighted by atomic mass is 10.1. The molecule has 2 aromatic rings. The molecule has 0 unspecified atom stereocenters. The highest BCUT2D eigenvalue weighted by Gasteiger charge is 2.34. The van der Waals surface area contributed by atoms with E-state index >= 15 is 0 Å². The zero-order valence-electron chi connectivity index (χ0n) is 12.0. The molecule has 1 saturated heterocycles. The molecule has 1 fully saturated rings. The number of hydrogen-bond acceptors (Lipinski definition) is 5. The maximum atomic E-state index is 13.0. The summed E-state index contributed by atoms with van der Waals surface area (Å²) in [4.78, 5) is 8.27. The minimum Gasteiger partial charge on any atom is -0.368 e. The quantitative estimate of drug-likeness (QED) is 0.842. The molecule has 120 valence electrons. The molecule has 0 N–H and O–H groups in total. The van der Waals surface area contributed by atoms with E-state index in [9.17, 15) is 13.2 Å². The van der Waals surface area contributed by atoms with Crippen LogP contribution in [-0.2, 0) is 6.18 Å². The van der Waals surface area contributed by atoms with E-state index in [4.69, 9.17) is 5.26 Å². The van der Waals surface area contributed by atoms with Crippen LogP contribution < -0.4 is 9.80 Å². The van der Waals surface area contributed by atoms with Gasteiger partial charge in [0.05, 0.1) is 17.2 Å². The Kier molecular flexibility index (Phi) is 4.13. The van der Waals surface area contributed by atoms with Gasteiger partial charge in [-0.1, -0.05) is 0 Å². The molecule has 1 aliphatic rings. The number of alkyl halides is 3. The average Bonchev–Trinajstić information content (AvgIpc) is 3.08. The third-order valence-electron chi connectivity index (χ3n) is 3.76. The van der Waals surface area contributed by atoms with E-state index in [-0.39, 0.29) is 5.56 Å². The number of hydrogen-bond donors (Lipinski definition) is 0. The third-order valence-corrected chi connectivity index (χ3v) is 4.60. The molecule has 0 bridgehead atoms. The van der Waals surface area contributed by atoms with Crippen LogP contribution in [0.25, 0.3) is 0 Å². The zero-order chi connectivity index (χ0) is 16.4. The SMILES string of the molecule is N#Cc1ccc(N2CCN(c3nccs3)CC2)cc1C(F)(F)F. The Morgan fingerprint density at radius 1 is 1.13 bits per heavy atom. The molecule has 0 amide bonds. The van der Waals surface area contributed by atoms with E-state index in [1.54, 1.807) is 29.7 Å². The summed E-state index contributed by atoms with van der Waals surface area (Å²) in [6.07, 6.45) is -2.79. The first-order valence-electron chi connectivity index (χ1n) is 7.00. The van der Waals surface area contributed by atoms with Gasteiger partial charge in [0.25, 0.3) is 0 Å². The normalized spacial score (nSPS) is 15.6. The van der Waals surface area contributed by atoms with Gasteiger partial charge in [0, 0.05) is 43.4 Å². The van der Waals surface area contributed by atoms with Gasteiger partial charge in [-0.15, -0.1) is 11.3 Å². The van der Waals surface area contributed by atoms with Crippen molar-refractivity contribution in [2.24, 2.45) is 0 Å². The minimum absolute atomic E-state index is 0.345. The van der Waals surface area contributed by atoms with Gasteiger partial charge in [-0.05, 0) is 18.2 Å². The highest BCUT2D eigenvalue weighted by Crippen LogP contribution is 2.34. The van der Waals surface area contributed by atoms with Crippen molar-refractivity contribution >= 4 is 22.2 Å². The maximum absolute atomic E-state index is 13.0. The number of rotatable bonds is 2. The van der Waals surface area contributed by atoms with Crippen molar-refractivity contribution in [1.82, 2.24) is 4.98 Å². The number of piperazine rings is 1. The van der Waals surface area contributed by atoms with Crippen LogP contribution in [0.1, 0.15) is 11.1 Å². The lowest BCUT2D eigenvalue weighted by molar-refractivity contribution is -0.137. The Hall–Kier alpha value is -2.27. The van der Waals surface area contributed by atoms with Crippen molar-refractivity contribution in [3.63, 3.8) is 0 Å². The third kappa shape index (κ3) is 3.24. The molecule has 1 aliphatic heterocycles. The van der Waals surface area contributed by atoms with Crippen LogP contribution >= 0.6 is 11.3 Å². The predicted octanol–water partition coefficient (Wildman–Crippen LogP) is 3.36. The molecular weight excluding hydrogens is 325 g/mol. The van der Waals surface area contributed by atoms with Crippen LogP contribution in [0.5, 0.6) is 0 Å². The number of nitrogens with zero attached hydrogens (tertiary/aromatic N) is 4. The Bertz CT molecular complexity index is 713. The summed E-state index contributed by atoms with van der Waals surface area (Å²) in [5.41, 5.74) is -0.724. The predicted molar refractivity (Wildman–Crippen MR) is 82.7 cm³/mol. The first kappa shape index (κ1) is 15.6. The highest BCUT2D eigenvalue weighted by molar-refractivity contribution is 7.13. The van der Waals surface area contributed by atoms with Crippen LogP contribution in [0.2, 0.25) is 0 Å². The minimum atomic E-state index is -4.52. The van der Waals surface area contributed by atoms with Crippen LogP contribution in [-0.4, -0.2) is 31.2 Å². The van der Waals surface area contributed by atoms with Gasteiger partial charge >= 0.3 is 6.18 Å². The number of halogens is 3. The first-order chi connectivity index (χ1) is 11.0. The lowest BCUT2D eigenvalue weighted by Crippen LogP contribution is -2.46. The van der Waals surface area contributed by atoms with E-state index in [0.29, 0.717) is 31.9 Å². The monoisotopic (exact) mass is 338 g/mol. The van der Waals surface area contributed by atoms with E-state index in [0.717, 1.165) is 11.2 Å². The van der Waals surface area contributed by atoms with Crippen LogP contribution in [0.3, 0.4) is 0 Å². The Balaban J connectivity index is 1.77. The Labute approximate surface area is 135 Å². The second kappa shape index (κ2) is 6.08. The van der Waals surface area contributed by atoms with Gasteiger partial charge < -0.3 is 9.80 Å². The fourth-order valence-electron chi connectivity index (χ4n) is 2.59. The van der Waals surface area contributed by atoms with Gasteiger partial charge in [-0.2, -0.15) is 18.4 Å². The molecule has 0 aliphatic carbocycles. The Morgan fingerprint density at radius 2 is 1.83 bits per heavy atom. The van der Waals surface area contributed by atoms with Crippen molar-refractivity contribution < 1.29 is 13.2 Å². The van der Waals surface area contributed by atoms with Gasteiger partial charge in [-0.3, -0.25) is 0 Å². The molecule has 23 heavy (non-hydrogen) atoms. The summed E-state index contributed by atoms with van der Waals surface area (Å²) in [7, 11) is 0. The second-order valence-electron chi connectivity index (χ2n) is 5.13. The number of nitriles is 1. The van der Waals surface area contributed by atoms with Crippen molar-refractivity contribution in [2.75, 3.05) is 36.0 Å². The molecule has 0 saturated carbocycles. The number of benzene rings is 1. The number of anilines is 2. The van der Waals surface area contributed by atoms with Gasteiger partial charge in [0.15, 0.2) is 5.13 Å².